The van der Waals surface area contributed by atoms with E-state index < -0.39 is 6.29 Å². The summed E-state index contributed by atoms with van der Waals surface area (Å²) in [5.74, 6) is 0.495. The van der Waals surface area contributed by atoms with Crippen molar-refractivity contribution in [1.29, 1.82) is 0 Å². The van der Waals surface area contributed by atoms with Gasteiger partial charge < -0.3 is 9.47 Å². The van der Waals surface area contributed by atoms with E-state index in [1.165, 1.54) is 0 Å². The Balaban J connectivity index is 3.98. The summed E-state index contributed by atoms with van der Waals surface area (Å²) in [4.78, 5) is 11.2. The predicted molar refractivity (Wildman–Crippen MR) is 55.5 cm³/mol. The van der Waals surface area contributed by atoms with Gasteiger partial charge in [-0.2, -0.15) is 0 Å². The maximum atomic E-state index is 11.2. The highest BCUT2D eigenvalue weighted by molar-refractivity contribution is 5.71. The molecule has 0 saturated carbocycles. The van der Waals surface area contributed by atoms with Gasteiger partial charge in [0.25, 0.3) is 0 Å². The van der Waals surface area contributed by atoms with E-state index in [0.29, 0.717) is 0 Å². The van der Waals surface area contributed by atoms with Crippen LogP contribution < -0.4 is 0 Å². The Hall–Kier alpha value is -0.990. The van der Waals surface area contributed by atoms with Gasteiger partial charge in [-0.3, -0.25) is 4.79 Å². The van der Waals surface area contributed by atoms with Crippen LogP contribution in [0.25, 0.3) is 0 Å². The van der Waals surface area contributed by atoms with Crippen molar-refractivity contribution < 1.29 is 14.3 Å². The molecule has 0 rings (SSSR count). The van der Waals surface area contributed by atoms with Crippen molar-refractivity contribution in [2.24, 2.45) is 5.92 Å². The Morgan fingerprint density at radius 1 is 1.29 bits per heavy atom. The minimum atomic E-state index is -0.504. The standard InChI is InChI=1S/C11H20O3/c1-6-10(7-2)13-9(5)14-11(12)8(3)4/h6,8-9H,7H2,1-5H3/b10-6+. The summed E-state index contributed by atoms with van der Waals surface area (Å²) >= 11 is 0. The average molecular weight is 200 g/mol. The second-order valence-corrected chi connectivity index (χ2v) is 3.39. The SMILES string of the molecule is C/C=C(\CC)OC(C)OC(=O)C(C)C. The summed E-state index contributed by atoms with van der Waals surface area (Å²) in [6, 6.07) is 0. The molecule has 0 radical (unpaired) electrons. The van der Waals surface area contributed by atoms with Crippen molar-refractivity contribution in [3.05, 3.63) is 11.8 Å². The number of allylic oxidation sites excluding steroid dienone is 2. The van der Waals surface area contributed by atoms with Gasteiger partial charge in [-0.1, -0.05) is 20.8 Å². The maximum Gasteiger partial charge on any atom is 0.311 e. The minimum absolute atomic E-state index is 0.114. The van der Waals surface area contributed by atoms with Crippen molar-refractivity contribution in [2.75, 3.05) is 0 Å². The van der Waals surface area contributed by atoms with Crippen molar-refractivity contribution in [3.63, 3.8) is 0 Å². The smallest absolute Gasteiger partial charge is 0.311 e. The Labute approximate surface area is 86.1 Å². The van der Waals surface area contributed by atoms with E-state index in [1.54, 1.807) is 20.8 Å². The highest BCUT2D eigenvalue weighted by atomic mass is 16.7. The van der Waals surface area contributed by atoms with E-state index in [9.17, 15) is 4.79 Å². The molecule has 0 aliphatic carbocycles. The van der Waals surface area contributed by atoms with Crippen LogP contribution in [0, 0.1) is 5.92 Å². The molecule has 0 aromatic rings. The number of rotatable bonds is 5. The molecule has 0 bridgehead atoms. The van der Waals surface area contributed by atoms with Crippen LogP contribution in [-0.4, -0.2) is 12.3 Å². The van der Waals surface area contributed by atoms with Crippen LogP contribution in [0.3, 0.4) is 0 Å². The molecule has 82 valence electrons. The molecule has 0 aromatic heterocycles. The zero-order valence-corrected chi connectivity index (χ0v) is 9.66. The van der Waals surface area contributed by atoms with Gasteiger partial charge in [0.1, 0.15) is 0 Å². The summed E-state index contributed by atoms with van der Waals surface area (Å²) in [6.45, 7) is 9.21. The van der Waals surface area contributed by atoms with Crippen LogP contribution in [0.1, 0.15) is 41.0 Å². The summed E-state index contributed by atoms with van der Waals surface area (Å²) in [6.07, 6.45) is 2.18. The summed E-state index contributed by atoms with van der Waals surface area (Å²) in [5.41, 5.74) is 0. The lowest BCUT2D eigenvalue weighted by Gasteiger charge is -2.17. The quantitative estimate of drug-likeness (QED) is 0.389. The molecule has 14 heavy (non-hydrogen) atoms. The number of esters is 1. The first kappa shape index (κ1) is 13.0. The van der Waals surface area contributed by atoms with Crippen LogP contribution >= 0.6 is 0 Å². The number of hydrogen-bond donors (Lipinski definition) is 0. The first-order chi connectivity index (χ1) is 6.51. The van der Waals surface area contributed by atoms with Crippen molar-refractivity contribution in [3.8, 4) is 0 Å². The predicted octanol–water partition coefficient (Wildman–Crippen LogP) is 2.86. The van der Waals surface area contributed by atoms with E-state index in [2.05, 4.69) is 0 Å². The van der Waals surface area contributed by atoms with Gasteiger partial charge in [-0.25, -0.2) is 0 Å². The Kier molecular flexibility index (Phi) is 6.00. The van der Waals surface area contributed by atoms with Crippen LogP contribution in [0.15, 0.2) is 11.8 Å². The average Bonchev–Trinajstić information content (AvgIpc) is 2.13. The lowest BCUT2D eigenvalue weighted by molar-refractivity contribution is -0.172. The Morgan fingerprint density at radius 2 is 1.86 bits per heavy atom. The molecular weight excluding hydrogens is 180 g/mol. The summed E-state index contributed by atoms with van der Waals surface area (Å²) < 4.78 is 10.4. The van der Waals surface area contributed by atoms with Crippen molar-refractivity contribution >= 4 is 5.97 Å². The second-order valence-electron chi connectivity index (χ2n) is 3.39. The number of carbonyl (C=O) groups excluding carboxylic acids is 1. The minimum Gasteiger partial charge on any atom is -0.460 e. The molecule has 0 aliphatic rings. The summed E-state index contributed by atoms with van der Waals surface area (Å²) in [5, 5.41) is 0. The van der Waals surface area contributed by atoms with E-state index in [-0.39, 0.29) is 11.9 Å². The normalized spacial score (nSPS) is 14.0. The number of ether oxygens (including phenoxy) is 2. The molecule has 0 aromatic carbocycles. The molecule has 0 heterocycles. The molecule has 0 spiro atoms. The number of hydrogen-bond acceptors (Lipinski definition) is 3. The molecule has 0 saturated heterocycles. The lowest BCUT2D eigenvalue weighted by atomic mass is 10.2. The second kappa shape index (κ2) is 6.46. The molecule has 1 atom stereocenters. The van der Waals surface area contributed by atoms with Gasteiger partial charge in [0, 0.05) is 13.3 Å². The zero-order valence-electron chi connectivity index (χ0n) is 9.66. The largest absolute Gasteiger partial charge is 0.460 e. The monoisotopic (exact) mass is 200 g/mol. The van der Waals surface area contributed by atoms with E-state index in [0.717, 1.165) is 12.2 Å². The van der Waals surface area contributed by atoms with Gasteiger partial charge in [0.15, 0.2) is 0 Å². The first-order valence-corrected chi connectivity index (χ1v) is 5.03. The molecule has 0 aliphatic heterocycles. The fourth-order valence-corrected chi connectivity index (χ4v) is 0.892. The van der Waals surface area contributed by atoms with Crippen molar-refractivity contribution in [2.45, 2.75) is 47.3 Å². The fourth-order valence-electron chi connectivity index (χ4n) is 0.892. The van der Waals surface area contributed by atoms with E-state index in [4.69, 9.17) is 9.47 Å². The van der Waals surface area contributed by atoms with Crippen LogP contribution in [0.2, 0.25) is 0 Å². The fraction of sp³-hybridized carbons (Fsp3) is 0.727. The summed E-state index contributed by atoms with van der Waals surface area (Å²) in [7, 11) is 0. The lowest BCUT2D eigenvalue weighted by Crippen LogP contribution is -2.21. The zero-order chi connectivity index (χ0) is 11.1. The van der Waals surface area contributed by atoms with Crippen LogP contribution in [0.5, 0.6) is 0 Å². The third-order valence-corrected chi connectivity index (χ3v) is 1.74. The first-order valence-electron chi connectivity index (χ1n) is 5.03. The van der Waals surface area contributed by atoms with Crippen LogP contribution in [-0.2, 0) is 14.3 Å². The van der Waals surface area contributed by atoms with Gasteiger partial charge in [0.05, 0.1) is 11.7 Å². The van der Waals surface area contributed by atoms with E-state index in [1.807, 2.05) is 19.9 Å². The molecule has 0 amide bonds. The molecule has 3 nitrogen and oxygen atoms in total. The molecule has 0 fully saturated rings. The molecule has 3 heteroatoms. The number of carbonyl (C=O) groups is 1. The third-order valence-electron chi connectivity index (χ3n) is 1.74. The Morgan fingerprint density at radius 3 is 2.21 bits per heavy atom. The Bertz CT molecular complexity index is 207. The van der Waals surface area contributed by atoms with Gasteiger partial charge in [-0.05, 0) is 13.0 Å². The maximum absolute atomic E-state index is 11.2. The molecule has 0 N–H and O–H groups in total. The highest BCUT2D eigenvalue weighted by Gasteiger charge is 2.13. The van der Waals surface area contributed by atoms with E-state index >= 15 is 0 Å². The van der Waals surface area contributed by atoms with Crippen molar-refractivity contribution in [1.82, 2.24) is 0 Å². The van der Waals surface area contributed by atoms with Gasteiger partial charge in [0.2, 0.25) is 6.29 Å². The van der Waals surface area contributed by atoms with Gasteiger partial charge >= 0.3 is 5.97 Å². The molecular formula is C11H20O3. The third kappa shape index (κ3) is 4.90. The van der Waals surface area contributed by atoms with Gasteiger partial charge in [-0.15, -0.1) is 0 Å². The highest BCUT2D eigenvalue weighted by Crippen LogP contribution is 2.09. The van der Waals surface area contributed by atoms with Crippen LogP contribution in [0.4, 0.5) is 0 Å². The molecule has 1 unspecified atom stereocenters. The topological polar surface area (TPSA) is 35.5 Å².